The monoisotopic (exact) mass is 342 g/mol. The summed E-state index contributed by atoms with van der Waals surface area (Å²) < 4.78 is 31.6. The van der Waals surface area contributed by atoms with E-state index in [9.17, 15) is 13.2 Å². The third-order valence-electron chi connectivity index (χ3n) is 4.44. The maximum absolute atomic E-state index is 12.4. The van der Waals surface area contributed by atoms with E-state index in [-0.39, 0.29) is 23.0 Å². The Balaban J connectivity index is 1.49. The van der Waals surface area contributed by atoms with E-state index in [1.54, 1.807) is 0 Å². The van der Waals surface area contributed by atoms with Gasteiger partial charge in [-0.1, -0.05) is 0 Å². The van der Waals surface area contributed by atoms with Crippen molar-refractivity contribution in [3.05, 3.63) is 12.5 Å². The minimum Gasteiger partial charge on any atom is -0.376 e. The number of nitrogens with zero attached hydrogens (tertiary/aromatic N) is 2. The third kappa shape index (κ3) is 3.73. The first-order chi connectivity index (χ1) is 11.1. The second-order valence-corrected chi connectivity index (χ2v) is 7.88. The Morgan fingerprint density at radius 3 is 2.78 bits per heavy atom. The summed E-state index contributed by atoms with van der Waals surface area (Å²) in [6, 6.07) is 0. The molecule has 2 saturated heterocycles. The van der Waals surface area contributed by atoms with Crippen LogP contribution in [-0.2, 0) is 19.6 Å². The summed E-state index contributed by atoms with van der Waals surface area (Å²) >= 11 is 0. The van der Waals surface area contributed by atoms with Crippen molar-refractivity contribution >= 4 is 15.9 Å². The molecule has 1 unspecified atom stereocenters. The van der Waals surface area contributed by atoms with Gasteiger partial charge in [0, 0.05) is 32.2 Å². The fraction of sp³-hybridized carbons (Fsp3) is 0.714. The van der Waals surface area contributed by atoms with Gasteiger partial charge in [-0.2, -0.15) is 4.31 Å². The van der Waals surface area contributed by atoms with Gasteiger partial charge < -0.3 is 15.0 Å². The molecule has 0 aliphatic carbocycles. The number of imidazole rings is 1. The van der Waals surface area contributed by atoms with Crippen LogP contribution in [0.25, 0.3) is 0 Å². The van der Waals surface area contributed by atoms with Gasteiger partial charge in [0.1, 0.15) is 0 Å². The Hall–Kier alpha value is -1.45. The van der Waals surface area contributed by atoms with Gasteiger partial charge in [0.25, 0.3) is 10.0 Å². The molecule has 0 bridgehead atoms. The lowest BCUT2D eigenvalue weighted by atomic mass is 9.97. The molecule has 8 nitrogen and oxygen atoms in total. The number of carbonyl (C=O) groups excluding carboxylic acids is 1. The van der Waals surface area contributed by atoms with Gasteiger partial charge in [-0.3, -0.25) is 4.79 Å². The maximum Gasteiger partial charge on any atom is 0.260 e. The van der Waals surface area contributed by atoms with Crippen molar-refractivity contribution in [2.24, 2.45) is 5.92 Å². The van der Waals surface area contributed by atoms with E-state index >= 15 is 0 Å². The topological polar surface area (TPSA) is 104 Å². The normalized spacial score (nSPS) is 23.9. The predicted molar refractivity (Wildman–Crippen MR) is 82.1 cm³/mol. The summed E-state index contributed by atoms with van der Waals surface area (Å²) in [6.07, 6.45) is 5.87. The molecule has 3 heterocycles. The van der Waals surface area contributed by atoms with E-state index in [4.69, 9.17) is 4.74 Å². The highest BCUT2D eigenvalue weighted by atomic mass is 32.2. The number of amides is 1. The first kappa shape index (κ1) is 16.4. The van der Waals surface area contributed by atoms with Crippen molar-refractivity contribution < 1.29 is 17.9 Å². The van der Waals surface area contributed by atoms with Crippen molar-refractivity contribution in [3.63, 3.8) is 0 Å². The number of aromatic amines is 1. The van der Waals surface area contributed by atoms with E-state index in [2.05, 4.69) is 15.3 Å². The second kappa shape index (κ2) is 6.98. The van der Waals surface area contributed by atoms with E-state index in [0.717, 1.165) is 19.4 Å². The number of rotatable bonds is 5. The van der Waals surface area contributed by atoms with Crippen LogP contribution in [0.2, 0.25) is 0 Å². The van der Waals surface area contributed by atoms with Crippen LogP contribution in [0.3, 0.4) is 0 Å². The number of piperidine rings is 1. The molecular weight excluding hydrogens is 320 g/mol. The number of aromatic nitrogens is 2. The van der Waals surface area contributed by atoms with Crippen molar-refractivity contribution in [2.45, 2.75) is 36.8 Å². The van der Waals surface area contributed by atoms with E-state index in [0.29, 0.717) is 32.5 Å². The fourth-order valence-electron chi connectivity index (χ4n) is 3.05. The fourth-order valence-corrected chi connectivity index (χ4v) is 4.41. The molecule has 0 spiro atoms. The lowest BCUT2D eigenvalue weighted by Gasteiger charge is -2.30. The number of sulfonamides is 1. The molecule has 0 aromatic carbocycles. The summed E-state index contributed by atoms with van der Waals surface area (Å²) in [5.41, 5.74) is 0. The van der Waals surface area contributed by atoms with Gasteiger partial charge in [0.05, 0.1) is 18.6 Å². The van der Waals surface area contributed by atoms with Crippen LogP contribution in [0.5, 0.6) is 0 Å². The average Bonchev–Trinajstić information content (AvgIpc) is 3.26. The van der Waals surface area contributed by atoms with Crippen LogP contribution in [-0.4, -0.2) is 60.9 Å². The zero-order chi connectivity index (χ0) is 16.3. The zero-order valence-electron chi connectivity index (χ0n) is 12.9. The molecule has 23 heavy (non-hydrogen) atoms. The number of hydrogen-bond acceptors (Lipinski definition) is 5. The van der Waals surface area contributed by atoms with Gasteiger partial charge in [0.2, 0.25) is 5.91 Å². The molecule has 1 aromatic heterocycles. The van der Waals surface area contributed by atoms with Crippen LogP contribution in [0.1, 0.15) is 25.7 Å². The summed E-state index contributed by atoms with van der Waals surface area (Å²) in [5, 5.41) is 3.02. The molecule has 2 N–H and O–H groups in total. The standard InChI is InChI=1S/C14H22N4O4S/c19-14(16-8-12-2-1-7-22-12)11-3-5-18(6-4-11)23(20,21)13-9-15-10-17-13/h9-12H,1-8H2,(H,15,17)(H,16,19). The lowest BCUT2D eigenvalue weighted by Crippen LogP contribution is -2.44. The number of nitrogens with one attached hydrogen (secondary N) is 2. The van der Waals surface area contributed by atoms with Gasteiger partial charge in [-0.05, 0) is 25.7 Å². The molecule has 2 aliphatic heterocycles. The Labute approximate surface area is 135 Å². The lowest BCUT2D eigenvalue weighted by molar-refractivity contribution is -0.126. The molecule has 1 atom stereocenters. The number of hydrogen-bond donors (Lipinski definition) is 2. The molecule has 0 radical (unpaired) electrons. The summed E-state index contributed by atoms with van der Waals surface area (Å²) in [5.74, 6) is -0.135. The third-order valence-corrected chi connectivity index (χ3v) is 6.27. The maximum atomic E-state index is 12.4. The van der Waals surface area contributed by atoms with Crippen LogP contribution < -0.4 is 5.32 Å². The zero-order valence-corrected chi connectivity index (χ0v) is 13.7. The minimum absolute atomic E-state index is 0.000844. The smallest absolute Gasteiger partial charge is 0.260 e. The van der Waals surface area contributed by atoms with Crippen molar-refractivity contribution in [1.82, 2.24) is 19.6 Å². The highest BCUT2D eigenvalue weighted by Gasteiger charge is 2.33. The highest BCUT2D eigenvalue weighted by Crippen LogP contribution is 2.23. The van der Waals surface area contributed by atoms with Crippen LogP contribution in [0, 0.1) is 5.92 Å². The van der Waals surface area contributed by atoms with Gasteiger partial charge in [0.15, 0.2) is 5.03 Å². The molecule has 128 valence electrons. The molecule has 0 saturated carbocycles. The Morgan fingerprint density at radius 1 is 1.39 bits per heavy atom. The Kier molecular flexibility index (Phi) is 4.98. The first-order valence-corrected chi connectivity index (χ1v) is 9.39. The Bertz CT molecular complexity index is 617. The average molecular weight is 342 g/mol. The largest absolute Gasteiger partial charge is 0.376 e. The SMILES string of the molecule is O=C(NCC1CCCO1)C1CCN(S(=O)(=O)c2cnc[nH]2)CC1. The van der Waals surface area contributed by atoms with Gasteiger partial charge >= 0.3 is 0 Å². The molecule has 9 heteroatoms. The first-order valence-electron chi connectivity index (χ1n) is 7.95. The second-order valence-electron chi connectivity index (χ2n) is 5.97. The summed E-state index contributed by atoms with van der Waals surface area (Å²) in [6.45, 7) is 2.01. The van der Waals surface area contributed by atoms with Crippen molar-refractivity contribution in [3.8, 4) is 0 Å². The van der Waals surface area contributed by atoms with Gasteiger partial charge in [-0.25, -0.2) is 13.4 Å². The van der Waals surface area contributed by atoms with Crippen LogP contribution in [0.15, 0.2) is 17.6 Å². The predicted octanol–water partition coefficient (Wildman–Crippen LogP) is 0.106. The summed E-state index contributed by atoms with van der Waals surface area (Å²) in [7, 11) is -3.53. The van der Waals surface area contributed by atoms with Crippen LogP contribution in [0.4, 0.5) is 0 Å². The molecule has 3 rings (SSSR count). The minimum atomic E-state index is -3.53. The van der Waals surface area contributed by atoms with Crippen molar-refractivity contribution in [1.29, 1.82) is 0 Å². The van der Waals surface area contributed by atoms with E-state index in [1.165, 1.54) is 16.8 Å². The molecule has 1 aromatic rings. The molecule has 1 amide bonds. The van der Waals surface area contributed by atoms with Crippen molar-refractivity contribution in [2.75, 3.05) is 26.2 Å². The molecule has 2 fully saturated rings. The summed E-state index contributed by atoms with van der Waals surface area (Å²) in [4.78, 5) is 18.6. The number of ether oxygens (including phenoxy) is 1. The molecular formula is C14H22N4O4S. The van der Waals surface area contributed by atoms with E-state index in [1.807, 2.05) is 0 Å². The highest BCUT2D eigenvalue weighted by molar-refractivity contribution is 7.89. The number of carbonyl (C=O) groups is 1. The van der Waals surface area contributed by atoms with E-state index < -0.39 is 10.0 Å². The van der Waals surface area contributed by atoms with Crippen LogP contribution >= 0.6 is 0 Å². The Morgan fingerprint density at radius 2 is 2.17 bits per heavy atom. The van der Waals surface area contributed by atoms with Gasteiger partial charge in [-0.15, -0.1) is 0 Å². The quantitative estimate of drug-likeness (QED) is 0.790. The number of H-pyrrole nitrogens is 1. The molecule has 2 aliphatic rings.